The van der Waals surface area contributed by atoms with E-state index in [1.807, 2.05) is 0 Å². The second-order valence-electron chi connectivity index (χ2n) is 4.63. The van der Waals surface area contributed by atoms with Crippen LogP contribution in [0.4, 0.5) is 8.78 Å². The zero-order valence-corrected chi connectivity index (χ0v) is 13.0. The van der Waals surface area contributed by atoms with Gasteiger partial charge in [-0.3, -0.25) is 4.98 Å². The van der Waals surface area contributed by atoms with Crippen LogP contribution in [-0.2, 0) is 16.6 Å². The molecule has 2 aromatic heterocycles. The van der Waals surface area contributed by atoms with Crippen LogP contribution in [0.1, 0.15) is 5.56 Å². The van der Waals surface area contributed by atoms with Crippen molar-refractivity contribution in [1.29, 1.82) is 0 Å². The van der Waals surface area contributed by atoms with Crippen molar-refractivity contribution in [3.8, 4) is 17.2 Å². The summed E-state index contributed by atoms with van der Waals surface area (Å²) in [5.74, 6) is 0.373. The molecule has 0 bridgehead atoms. The number of rotatable bonds is 6. The maximum atomic E-state index is 12.2. The van der Waals surface area contributed by atoms with E-state index in [0.29, 0.717) is 5.56 Å². The third kappa shape index (κ3) is 3.99. The highest BCUT2D eigenvalue weighted by Gasteiger charge is 2.15. The third-order valence-corrected chi connectivity index (χ3v) is 4.10. The van der Waals surface area contributed by atoms with Crippen LogP contribution in [-0.4, -0.2) is 26.0 Å². The molecule has 1 atom stereocenters. The van der Waals surface area contributed by atoms with Gasteiger partial charge in [-0.15, -0.1) is 5.10 Å². The van der Waals surface area contributed by atoms with Crippen molar-refractivity contribution >= 4 is 10.8 Å². The van der Waals surface area contributed by atoms with E-state index in [1.54, 1.807) is 24.5 Å². The molecule has 0 saturated heterocycles. The lowest BCUT2D eigenvalue weighted by Crippen LogP contribution is -2.01. The first-order valence-corrected chi connectivity index (χ1v) is 8.10. The molecule has 0 N–H and O–H groups in total. The number of pyridine rings is 1. The van der Waals surface area contributed by atoms with E-state index in [0.717, 1.165) is 5.56 Å². The van der Waals surface area contributed by atoms with Gasteiger partial charge in [0.05, 0.1) is 5.75 Å². The van der Waals surface area contributed by atoms with Crippen molar-refractivity contribution in [2.24, 2.45) is 0 Å². The molecule has 6 nitrogen and oxygen atoms in total. The Hall–Kier alpha value is -2.68. The fraction of sp³-hybridized carbons (Fsp3) is 0.133. The number of halogens is 2. The van der Waals surface area contributed by atoms with Crippen LogP contribution in [0.2, 0.25) is 0 Å². The highest BCUT2D eigenvalue weighted by molar-refractivity contribution is 7.84. The van der Waals surface area contributed by atoms with Crippen molar-refractivity contribution in [3.05, 3.63) is 54.4 Å². The van der Waals surface area contributed by atoms with Gasteiger partial charge < -0.3 is 9.15 Å². The lowest BCUT2D eigenvalue weighted by Gasteiger charge is -2.03. The van der Waals surface area contributed by atoms with Gasteiger partial charge in [0.15, 0.2) is 0 Å². The van der Waals surface area contributed by atoms with Crippen LogP contribution in [0.25, 0.3) is 11.5 Å². The van der Waals surface area contributed by atoms with E-state index in [-0.39, 0.29) is 22.6 Å². The Kier molecular flexibility index (Phi) is 4.90. The number of benzene rings is 1. The molecule has 1 unspecified atom stereocenters. The van der Waals surface area contributed by atoms with E-state index in [4.69, 9.17) is 4.42 Å². The molecule has 0 fully saturated rings. The highest BCUT2D eigenvalue weighted by Crippen LogP contribution is 2.23. The summed E-state index contributed by atoms with van der Waals surface area (Å²) in [6.45, 7) is -2.89. The van der Waals surface area contributed by atoms with Gasteiger partial charge in [0.2, 0.25) is 5.89 Å². The van der Waals surface area contributed by atoms with Gasteiger partial charge in [0.1, 0.15) is 16.5 Å². The van der Waals surface area contributed by atoms with Crippen LogP contribution in [0.15, 0.2) is 58.4 Å². The standard InChI is InChI=1S/C15H11F2N3O3S/c16-14(17)22-12-5-3-11(4-6-12)13-19-20-15(23-13)24(21)9-10-2-1-7-18-8-10/h1-8,14H,9H2. The largest absolute Gasteiger partial charge is 0.435 e. The van der Waals surface area contributed by atoms with Crippen molar-refractivity contribution in [3.63, 3.8) is 0 Å². The molecule has 0 saturated carbocycles. The van der Waals surface area contributed by atoms with Gasteiger partial charge in [-0.25, -0.2) is 4.21 Å². The summed E-state index contributed by atoms with van der Waals surface area (Å²) in [6.07, 6.45) is 3.23. The van der Waals surface area contributed by atoms with Crippen molar-refractivity contribution < 1.29 is 22.1 Å². The Morgan fingerprint density at radius 3 is 2.62 bits per heavy atom. The minimum Gasteiger partial charge on any atom is -0.435 e. The maximum Gasteiger partial charge on any atom is 0.387 e. The Balaban J connectivity index is 1.72. The molecule has 0 radical (unpaired) electrons. The Labute approximate surface area is 138 Å². The van der Waals surface area contributed by atoms with Gasteiger partial charge in [0, 0.05) is 18.0 Å². The van der Waals surface area contributed by atoms with Gasteiger partial charge in [-0.2, -0.15) is 8.78 Å². The molecule has 0 spiro atoms. The lowest BCUT2D eigenvalue weighted by molar-refractivity contribution is -0.0498. The zero-order valence-electron chi connectivity index (χ0n) is 12.1. The number of hydrogen-bond donors (Lipinski definition) is 0. The number of ether oxygens (including phenoxy) is 1. The first-order chi connectivity index (χ1) is 11.6. The van der Waals surface area contributed by atoms with Crippen molar-refractivity contribution in [1.82, 2.24) is 15.2 Å². The Bertz CT molecular complexity index is 825. The molecular formula is C15H11F2N3O3S. The molecule has 0 aliphatic heterocycles. The summed E-state index contributed by atoms with van der Waals surface area (Å²) in [4.78, 5) is 3.95. The van der Waals surface area contributed by atoms with Crippen LogP contribution in [0.3, 0.4) is 0 Å². The Morgan fingerprint density at radius 2 is 1.96 bits per heavy atom. The molecule has 24 heavy (non-hydrogen) atoms. The number of nitrogens with zero attached hydrogens (tertiary/aromatic N) is 3. The maximum absolute atomic E-state index is 12.2. The second-order valence-corrected chi connectivity index (χ2v) is 5.96. The molecule has 2 heterocycles. The van der Waals surface area contributed by atoms with E-state index in [2.05, 4.69) is 19.9 Å². The van der Waals surface area contributed by atoms with Gasteiger partial charge in [0.25, 0.3) is 0 Å². The van der Waals surface area contributed by atoms with Gasteiger partial charge >= 0.3 is 11.8 Å². The SMILES string of the molecule is O=S(Cc1cccnc1)c1nnc(-c2ccc(OC(F)F)cc2)o1. The predicted molar refractivity (Wildman–Crippen MR) is 80.7 cm³/mol. The van der Waals surface area contributed by atoms with Crippen LogP contribution >= 0.6 is 0 Å². The molecule has 0 aliphatic carbocycles. The van der Waals surface area contributed by atoms with E-state index in [1.165, 1.54) is 24.3 Å². The molecule has 1 aromatic carbocycles. The van der Waals surface area contributed by atoms with E-state index in [9.17, 15) is 13.0 Å². The minimum absolute atomic E-state index is 0.0123. The summed E-state index contributed by atoms with van der Waals surface area (Å²) >= 11 is 0. The van der Waals surface area contributed by atoms with Crippen LogP contribution in [0.5, 0.6) is 5.75 Å². The molecule has 0 aliphatic rings. The molecule has 0 amide bonds. The summed E-state index contributed by atoms with van der Waals surface area (Å²) < 4.78 is 46.1. The minimum atomic E-state index is -2.89. The average molecular weight is 351 g/mol. The molecular weight excluding hydrogens is 340 g/mol. The summed E-state index contributed by atoms with van der Waals surface area (Å²) in [7, 11) is -1.50. The molecule has 124 valence electrons. The summed E-state index contributed by atoms with van der Waals surface area (Å²) in [5.41, 5.74) is 1.29. The topological polar surface area (TPSA) is 78.1 Å². The van der Waals surface area contributed by atoms with Crippen LogP contribution < -0.4 is 4.74 Å². The monoisotopic (exact) mass is 351 g/mol. The second kappa shape index (κ2) is 7.26. The van der Waals surface area contributed by atoms with Gasteiger partial charge in [-0.1, -0.05) is 11.2 Å². The Morgan fingerprint density at radius 1 is 1.17 bits per heavy atom. The predicted octanol–water partition coefficient (Wildman–Crippen LogP) is 3.04. The smallest absolute Gasteiger partial charge is 0.387 e. The fourth-order valence-electron chi connectivity index (χ4n) is 1.89. The summed E-state index contributed by atoms with van der Waals surface area (Å²) in [5, 5.41) is 7.58. The zero-order chi connectivity index (χ0) is 16.9. The third-order valence-electron chi connectivity index (χ3n) is 2.95. The van der Waals surface area contributed by atoms with Gasteiger partial charge in [-0.05, 0) is 35.9 Å². The summed E-state index contributed by atoms with van der Waals surface area (Å²) in [6, 6.07) is 9.26. The number of alkyl halides is 2. The average Bonchev–Trinajstić information content (AvgIpc) is 3.06. The molecule has 9 heteroatoms. The normalized spacial score (nSPS) is 12.3. The lowest BCUT2D eigenvalue weighted by atomic mass is 10.2. The molecule has 3 rings (SSSR count). The quantitative estimate of drug-likeness (QED) is 0.679. The van der Waals surface area contributed by atoms with Crippen molar-refractivity contribution in [2.45, 2.75) is 17.6 Å². The number of aromatic nitrogens is 3. The van der Waals surface area contributed by atoms with Crippen molar-refractivity contribution in [2.75, 3.05) is 0 Å². The first kappa shape index (κ1) is 16.2. The van der Waals surface area contributed by atoms with Crippen LogP contribution in [0, 0.1) is 0 Å². The van der Waals surface area contributed by atoms with E-state index < -0.39 is 17.4 Å². The molecule has 3 aromatic rings. The number of hydrogen-bond acceptors (Lipinski definition) is 6. The van der Waals surface area contributed by atoms with E-state index >= 15 is 0 Å². The fourth-order valence-corrected chi connectivity index (χ4v) is 2.79. The highest BCUT2D eigenvalue weighted by atomic mass is 32.2. The first-order valence-electron chi connectivity index (χ1n) is 6.78.